The maximum atomic E-state index is 11.8. The zero-order valence-corrected chi connectivity index (χ0v) is 12.2. The van der Waals surface area contributed by atoms with Crippen molar-refractivity contribution in [2.75, 3.05) is 20.1 Å². The van der Waals surface area contributed by atoms with Crippen LogP contribution in [0.25, 0.3) is 0 Å². The minimum Gasteiger partial charge on any atom is -0.345 e. The largest absolute Gasteiger partial charge is 0.345 e. The monoisotopic (exact) mass is 290 g/mol. The Bertz CT molecular complexity index is 468. The maximum Gasteiger partial charge on any atom is 0.250 e. The van der Waals surface area contributed by atoms with Gasteiger partial charge in [0, 0.05) is 13.6 Å². The first-order chi connectivity index (χ1) is 8.47. The molecule has 0 aliphatic heterocycles. The van der Waals surface area contributed by atoms with E-state index < -0.39 is 10.0 Å². The summed E-state index contributed by atoms with van der Waals surface area (Å²) in [5, 5.41) is 1.68. The molecule has 0 bridgehead atoms. The first-order valence-corrected chi connectivity index (χ1v) is 8.10. The summed E-state index contributed by atoms with van der Waals surface area (Å²) in [5.41, 5.74) is 0. The van der Waals surface area contributed by atoms with Crippen LogP contribution in [-0.2, 0) is 14.8 Å². The van der Waals surface area contributed by atoms with Crippen LogP contribution in [0.4, 0.5) is 0 Å². The lowest BCUT2D eigenvalue weighted by Crippen LogP contribution is -2.38. The standard InChI is InChI=1S/C11H18N2O3S2/c1-3-4-7-13(2)10(14)9-12-18(15,16)11-6-5-8-17-11/h5-6,8,12H,3-4,7,9H2,1-2H3. The van der Waals surface area contributed by atoms with Gasteiger partial charge in [-0.1, -0.05) is 19.4 Å². The molecule has 1 aromatic heterocycles. The highest BCUT2D eigenvalue weighted by Crippen LogP contribution is 2.14. The number of hydrogen-bond donors (Lipinski definition) is 1. The molecule has 7 heteroatoms. The fraction of sp³-hybridized carbons (Fsp3) is 0.545. The molecular weight excluding hydrogens is 272 g/mol. The summed E-state index contributed by atoms with van der Waals surface area (Å²) >= 11 is 1.13. The lowest BCUT2D eigenvalue weighted by molar-refractivity contribution is -0.128. The number of carbonyl (C=O) groups is 1. The molecule has 5 nitrogen and oxygen atoms in total. The second-order valence-corrected chi connectivity index (χ2v) is 6.87. The highest BCUT2D eigenvalue weighted by atomic mass is 32.2. The van der Waals surface area contributed by atoms with Gasteiger partial charge >= 0.3 is 0 Å². The van der Waals surface area contributed by atoms with Crippen molar-refractivity contribution in [3.8, 4) is 0 Å². The number of likely N-dealkylation sites (N-methyl/N-ethyl adjacent to an activating group) is 1. The summed E-state index contributed by atoms with van der Waals surface area (Å²) in [5.74, 6) is -0.219. The smallest absolute Gasteiger partial charge is 0.250 e. The Morgan fingerprint density at radius 3 is 2.78 bits per heavy atom. The zero-order chi connectivity index (χ0) is 13.6. The van der Waals surface area contributed by atoms with E-state index in [0.717, 1.165) is 24.2 Å². The van der Waals surface area contributed by atoms with Gasteiger partial charge in [0.15, 0.2) is 0 Å². The molecule has 0 aliphatic rings. The second kappa shape index (κ2) is 6.86. The number of thiophene rings is 1. The van der Waals surface area contributed by atoms with Gasteiger partial charge in [-0.3, -0.25) is 4.79 Å². The molecule has 0 aliphatic carbocycles. The lowest BCUT2D eigenvalue weighted by atomic mass is 10.3. The molecule has 102 valence electrons. The third-order valence-corrected chi connectivity index (χ3v) is 5.24. The molecule has 0 radical (unpaired) electrons. The highest BCUT2D eigenvalue weighted by Gasteiger charge is 2.17. The van der Waals surface area contributed by atoms with Crippen molar-refractivity contribution in [2.45, 2.75) is 24.0 Å². The summed E-state index contributed by atoms with van der Waals surface area (Å²) in [6.45, 7) is 2.49. The molecule has 0 fully saturated rings. The molecule has 0 saturated heterocycles. The molecule has 18 heavy (non-hydrogen) atoms. The van der Waals surface area contributed by atoms with Crippen LogP contribution in [0.1, 0.15) is 19.8 Å². The van der Waals surface area contributed by atoms with E-state index in [4.69, 9.17) is 0 Å². The van der Waals surface area contributed by atoms with Crippen LogP contribution in [-0.4, -0.2) is 39.4 Å². The Morgan fingerprint density at radius 1 is 1.50 bits per heavy atom. The van der Waals surface area contributed by atoms with E-state index >= 15 is 0 Å². The van der Waals surface area contributed by atoms with Crippen LogP contribution in [0, 0.1) is 0 Å². The van der Waals surface area contributed by atoms with E-state index in [1.807, 2.05) is 6.92 Å². The Hall–Kier alpha value is -0.920. The normalized spacial score (nSPS) is 11.4. The van der Waals surface area contributed by atoms with Gasteiger partial charge in [0.1, 0.15) is 4.21 Å². The molecule has 0 saturated carbocycles. The Balaban J connectivity index is 2.48. The number of unbranched alkanes of at least 4 members (excludes halogenated alkanes) is 1. The van der Waals surface area contributed by atoms with Gasteiger partial charge in [-0.2, -0.15) is 0 Å². The molecule has 1 heterocycles. The van der Waals surface area contributed by atoms with Gasteiger partial charge in [0.05, 0.1) is 6.54 Å². The topological polar surface area (TPSA) is 66.5 Å². The summed E-state index contributed by atoms with van der Waals surface area (Å²) in [6, 6.07) is 3.17. The average molecular weight is 290 g/mol. The predicted octanol–water partition coefficient (Wildman–Crippen LogP) is 1.28. The number of carbonyl (C=O) groups excluding carboxylic acids is 1. The van der Waals surface area contributed by atoms with Gasteiger partial charge in [0.25, 0.3) is 10.0 Å². The number of hydrogen-bond acceptors (Lipinski definition) is 4. The second-order valence-electron chi connectivity index (χ2n) is 3.93. The Labute approximate surface area is 112 Å². The summed E-state index contributed by atoms with van der Waals surface area (Å²) in [6.07, 6.45) is 1.92. The molecule has 1 amide bonds. The van der Waals surface area contributed by atoms with Gasteiger partial charge in [0.2, 0.25) is 5.91 Å². The van der Waals surface area contributed by atoms with Crippen molar-refractivity contribution in [3.05, 3.63) is 17.5 Å². The first kappa shape index (κ1) is 15.1. The molecule has 1 rings (SSSR count). The van der Waals surface area contributed by atoms with Crippen LogP contribution >= 0.6 is 11.3 Å². The van der Waals surface area contributed by atoms with Crippen molar-refractivity contribution in [2.24, 2.45) is 0 Å². The van der Waals surface area contributed by atoms with E-state index in [9.17, 15) is 13.2 Å². The Morgan fingerprint density at radius 2 is 2.22 bits per heavy atom. The SMILES string of the molecule is CCCCN(C)C(=O)CNS(=O)(=O)c1cccs1. The van der Waals surface area contributed by atoms with Gasteiger partial charge < -0.3 is 4.90 Å². The van der Waals surface area contributed by atoms with Crippen LogP contribution in [0.3, 0.4) is 0 Å². The van der Waals surface area contributed by atoms with Gasteiger partial charge in [-0.15, -0.1) is 11.3 Å². The third kappa shape index (κ3) is 4.40. The van der Waals surface area contributed by atoms with Crippen LogP contribution in [0.15, 0.2) is 21.7 Å². The third-order valence-electron chi connectivity index (χ3n) is 2.45. The molecule has 0 spiro atoms. The lowest BCUT2D eigenvalue weighted by Gasteiger charge is -2.16. The zero-order valence-electron chi connectivity index (χ0n) is 10.5. The molecular formula is C11H18N2O3S2. The molecule has 0 atom stereocenters. The minimum absolute atomic E-state index is 0.194. The van der Waals surface area contributed by atoms with E-state index in [0.29, 0.717) is 6.54 Å². The number of nitrogens with one attached hydrogen (secondary N) is 1. The van der Waals surface area contributed by atoms with Crippen molar-refractivity contribution in [1.29, 1.82) is 0 Å². The predicted molar refractivity (Wildman–Crippen MR) is 72.1 cm³/mol. The molecule has 1 N–H and O–H groups in total. The molecule has 0 aromatic carbocycles. The number of amides is 1. The fourth-order valence-electron chi connectivity index (χ4n) is 1.30. The number of sulfonamides is 1. The quantitative estimate of drug-likeness (QED) is 0.822. The van der Waals surface area contributed by atoms with Gasteiger partial charge in [-0.25, -0.2) is 13.1 Å². The van der Waals surface area contributed by atoms with Crippen molar-refractivity contribution < 1.29 is 13.2 Å². The van der Waals surface area contributed by atoms with Crippen LogP contribution < -0.4 is 4.72 Å². The maximum absolute atomic E-state index is 11.8. The highest BCUT2D eigenvalue weighted by molar-refractivity contribution is 7.91. The van der Waals surface area contributed by atoms with Crippen molar-refractivity contribution >= 4 is 27.3 Å². The average Bonchev–Trinajstić information content (AvgIpc) is 2.87. The van der Waals surface area contributed by atoms with Gasteiger partial charge in [-0.05, 0) is 17.9 Å². The summed E-state index contributed by atoms with van der Waals surface area (Å²) < 4.78 is 26.1. The Kier molecular flexibility index (Phi) is 5.77. The van der Waals surface area contributed by atoms with Crippen LogP contribution in [0.5, 0.6) is 0 Å². The number of nitrogens with zero attached hydrogens (tertiary/aromatic N) is 1. The first-order valence-electron chi connectivity index (χ1n) is 5.74. The number of rotatable bonds is 7. The molecule has 0 unspecified atom stereocenters. The van der Waals surface area contributed by atoms with Crippen molar-refractivity contribution in [3.63, 3.8) is 0 Å². The molecule has 1 aromatic rings. The summed E-state index contributed by atoms with van der Waals surface area (Å²) in [4.78, 5) is 13.2. The minimum atomic E-state index is -3.55. The van der Waals surface area contributed by atoms with E-state index in [2.05, 4.69) is 4.72 Å². The van der Waals surface area contributed by atoms with Crippen LogP contribution in [0.2, 0.25) is 0 Å². The van der Waals surface area contributed by atoms with E-state index in [1.54, 1.807) is 23.4 Å². The van der Waals surface area contributed by atoms with E-state index in [1.165, 1.54) is 6.07 Å². The summed E-state index contributed by atoms with van der Waals surface area (Å²) in [7, 11) is -1.87. The van der Waals surface area contributed by atoms with E-state index in [-0.39, 0.29) is 16.7 Å². The fourth-order valence-corrected chi connectivity index (χ4v) is 3.31. The van der Waals surface area contributed by atoms with Crippen molar-refractivity contribution in [1.82, 2.24) is 9.62 Å².